The molecule has 0 aliphatic rings. The molecule has 0 spiro atoms. The number of aromatic nitrogens is 1. The third-order valence-corrected chi connectivity index (χ3v) is 3.47. The van der Waals surface area contributed by atoms with Crippen LogP contribution in [0.3, 0.4) is 0 Å². The second-order valence-corrected chi connectivity index (χ2v) is 4.61. The minimum Gasteiger partial charge on any atom is -0.378 e. The van der Waals surface area contributed by atoms with E-state index in [1.165, 1.54) is 0 Å². The number of ether oxygens (including phenoxy) is 1. The molecule has 1 heterocycles. The first-order valence-corrected chi connectivity index (χ1v) is 6.06. The van der Waals surface area contributed by atoms with Gasteiger partial charge in [0.15, 0.2) is 0 Å². The van der Waals surface area contributed by atoms with Gasteiger partial charge in [-0.15, -0.1) is 11.3 Å². The van der Waals surface area contributed by atoms with Gasteiger partial charge < -0.3 is 4.74 Å². The SMILES string of the molecule is COCc1nc(-c2ccccc2)sc1CC#N. The number of benzene rings is 1. The van der Waals surface area contributed by atoms with Crippen molar-refractivity contribution < 1.29 is 4.74 Å². The maximum absolute atomic E-state index is 8.78. The lowest BCUT2D eigenvalue weighted by molar-refractivity contribution is 0.181. The van der Waals surface area contributed by atoms with E-state index in [0.29, 0.717) is 13.0 Å². The summed E-state index contributed by atoms with van der Waals surface area (Å²) >= 11 is 1.56. The predicted molar refractivity (Wildman–Crippen MR) is 67.6 cm³/mol. The Morgan fingerprint density at radius 3 is 2.76 bits per heavy atom. The first kappa shape index (κ1) is 11.8. The number of thiazole rings is 1. The molecule has 0 saturated heterocycles. The molecule has 2 rings (SSSR count). The molecule has 3 nitrogen and oxygen atoms in total. The molecule has 0 bridgehead atoms. The molecule has 2 aromatic rings. The highest BCUT2D eigenvalue weighted by Gasteiger charge is 2.11. The van der Waals surface area contributed by atoms with Gasteiger partial charge >= 0.3 is 0 Å². The number of methoxy groups -OCH3 is 1. The van der Waals surface area contributed by atoms with E-state index in [9.17, 15) is 0 Å². The van der Waals surface area contributed by atoms with Gasteiger partial charge in [0.1, 0.15) is 5.01 Å². The lowest BCUT2D eigenvalue weighted by Crippen LogP contribution is -1.92. The minimum atomic E-state index is 0.392. The lowest BCUT2D eigenvalue weighted by Gasteiger charge is -1.95. The van der Waals surface area contributed by atoms with E-state index < -0.39 is 0 Å². The van der Waals surface area contributed by atoms with Crippen molar-refractivity contribution in [1.29, 1.82) is 5.26 Å². The largest absolute Gasteiger partial charge is 0.378 e. The number of rotatable bonds is 4. The minimum absolute atomic E-state index is 0.392. The predicted octanol–water partition coefficient (Wildman–Crippen LogP) is 3.02. The van der Waals surface area contributed by atoms with Crippen LogP contribution in [0.25, 0.3) is 10.6 Å². The van der Waals surface area contributed by atoms with Crippen molar-refractivity contribution in [3.63, 3.8) is 0 Å². The fraction of sp³-hybridized carbons (Fsp3) is 0.231. The van der Waals surface area contributed by atoms with Crippen molar-refractivity contribution in [3.05, 3.63) is 40.9 Å². The van der Waals surface area contributed by atoms with Crippen LogP contribution in [0.1, 0.15) is 10.6 Å². The Labute approximate surface area is 104 Å². The van der Waals surface area contributed by atoms with Crippen molar-refractivity contribution in [1.82, 2.24) is 4.98 Å². The lowest BCUT2D eigenvalue weighted by atomic mass is 10.2. The van der Waals surface area contributed by atoms with E-state index in [1.54, 1.807) is 18.4 Å². The highest BCUT2D eigenvalue weighted by Crippen LogP contribution is 2.28. The highest BCUT2D eigenvalue weighted by molar-refractivity contribution is 7.15. The molecular formula is C13H12N2OS. The standard InChI is InChI=1S/C13H12N2OS/c1-16-9-11-12(7-8-14)17-13(15-11)10-5-3-2-4-6-10/h2-6H,7,9H2,1H3. The summed E-state index contributed by atoms with van der Waals surface area (Å²) in [6, 6.07) is 12.1. The Morgan fingerprint density at radius 1 is 1.35 bits per heavy atom. The molecule has 0 aliphatic carbocycles. The topological polar surface area (TPSA) is 45.9 Å². The van der Waals surface area contributed by atoms with E-state index >= 15 is 0 Å². The Hall–Kier alpha value is -1.70. The smallest absolute Gasteiger partial charge is 0.124 e. The summed E-state index contributed by atoms with van der Waals surface area (Å²) in [7, 11) is 1.64. The summed E-state index contributed by atoms with van der Waals surface area (Å²) in [4.78, 5) is 5.52. The number of nitriles is 1. The van der Waals surface area contributed by atoms with Crippen molar-refractivity contribution in [2.45, 2.75) is 13.0 Å². The molecule has 0 unspecified atom stereocenters. The van der Waals surface area contributed by atoms with Gasteiger partial charge in [-0.2, -0.15) is 5.26 Å². The van der Waals surface area contributed by atoms with Crippen molar-refractivity contribution in [2.24, 2.45) is 0 Å². The maximum atomic E-state index is 8.78. The van der Waals surface area contributed by atoms with Gasteiger partial charge in [0.2, 0.25) is 0 Å². The van der Waals surface area contributed by atoms with Crippen LogP contribution in [0.15, 0.2) is 30.3 Å². The van der Waals surface area contributed by atoms with Crippen molar-refractivity contribution >= 4 is 11.3 Å². The fourth-order valence-electron chi connectivity index (χ4n) is 1.55. The van der Waals surface area contributed by atoms with Gasteiger partial charge in [-0.3, -0.25) is 0 Å². The number of hydrogen-bond donors (Lipinski definition) is 0. The van der Waals surface area contributed by atoms with E-state index in [1.807, 2.05) is 30.3 Å². The van der Waals surface area contributed by atoms with Crippen LogP contribution in [0.2, 0.25) is 0 Å². The van der Waals surface area contributed by atoms with Crippen LogP contribution in [0.4, 0.5) is 0 Å². The average Bonchev–Trinajstić information content (AvgIpc) is 2.75. The third-order valence-electron chi connectivity index (χ3n) is 2.32. The summed E-state index contributed by atoms with van der Waals surface area (Å²) < 4.78 is 5.10. The molecule has 0 saturated carbocycles. The zero-order valence-electron chi connectivity index (χ0n) is 9.51. The average molecular weight is 244 g/mol. The zero-order chi connectivity index (χ0) is 12.1. The Bertz CT molecular complexity index is 528. The molecule has 86 valence electrons. The van der Waals surface area contributed by atoms with Gasteiger partial charge in [0.05, 0.1) is 24.8 Å². The summed E-state index contributed by atoms with van der Waals surface area (Å²) in [6.45, 7) is 0.459. The fourth-order valence-corrected chi connectivity index (χ4v) is 2.55. The van der Waals surface area contributed by atoms with E-state index in [2.05, 4.69) is 11.1 Å². The Kier molecular flexibility index (Phi) is 3.86. The molecule has 17 heavy (non-hydrogen) atoms. The molecule has 0 radical (unpaired) electrons. The molecule has 1 aromatic heterocycles. The summed E-state index contributed by atoms with van der Waals surface area (Å²) in [6.07, 6.45) is 0.392. The third kappa shape index (κ3) is 2.70. The molecule has 1 aromatic carbocycles. The van der Waals surface area contributed by atoms with Crippen LogP contribution in [-0.4, -0.2) is 12.1 Å². The van der Waals surface area contributed by atoms with E-state index in [0.717, 1.165) is 21.1 Å². The van der Waals surface area contributed by atoms with Crippen molar-refractivity contribution in [2.75, 3.05) is 7.11 Å². The number of nitrogens with zero attached hydrogens (tertiary/aromatic N) is 2. The summed E-state index contributed by atoms with van der Waals surface area (Å²) in [5, 5.41) is 9.73. The van der Waals surface area contributed by atoms with Gasteiger partial charge in [0.25, 0.3) is 0 Å². The first-order valence-electron chi connectivity index (χ1n) is 5.25. The van der Waals surface area contributed by atoms with Gasteiger partial charge in [-0.25, -0.2) is 4.98 Å². The maximum Gasteiger partial charge on any atom is 0.124 e. The van der Waals surface area contributed by atoms with Crippen LogP contribution < -0.4 is 0 Å². The van der Waals surface area contributed by atoms with Gasteiger partial charge in [-0.05, 0) is 0 Å². The van der Waals surface area contributed by atoms with E-state index in [4.69, 9.17) is 10.00 Å². The van der Waals surface area contributed by atoms with Gasteiger partial charge in [0, 0.05) is 17.6 Å². The number of hydrogen-bond acceptors (Lipinski definition) is 4. The highest BCUT2D eigenvalue weighted by atomic mass is 32.1. The normalized spacial score (nSPS) is 10.1. The van der Waals surface area contributed by atoms with E-state index in [-0.39, 0.29) is 0 Å². The summed E-state index contributed by atoms with van der Waals surface area (Å²) in [5.74, 6) is 0. The summed E-state index contributed by atoms with van der Waals surface area (Å²) in [5.41, 5.74) is 1.96. The molecule has 0 fully saturated rings. The monoisotopic (exact) mass is 244 g/mol. The second-order valence-electron chi connectivity index (χ2n) is 3.52. The van der Waals surface area contributed by atoms with Crippen LogP contribution in [0, 0.1) is 11.3 Å². The Morgan fingerprint density at radius 2 is 2.12 bits per heavy atom. The van der Waals surface area contributed by atoms with Crippen LogP contribution in [0.5, 0.6) is 0 Å². The molecule has 4 heteroatoms. The quantitative estimate of drug-likeness (QED) is 0.830. The Balaban J connectivity index is 2.37. The van der Waals surface area contributed by atoms with Gasteiger partial charge in [-0.1, -0.05) is 30.3 Å². The zero-order valence-corrected chi connectivity index (χ0v) is 10.3. The molecule has 0 aliphatic heterocycles. The first-order chi connectivity index (χ1) is 8.35. The van der Waals surface area contributed by atoms with Crippen LogP contribution in [-0.2, 0) is 17.8 Å². The molecular weight excluding hydrogens is 232 g/mol. The second kappa shape index (κ2) is 5.58. The molecule has 0 amide bonds. The van der Waals surface area contributed by atoms with Crippen molar-refractivity contribution in [3.8, 4) is 16.6 Å². The molecule has 0 atom stereocenters. The molecule has 0 N–H and O–H groups in total. The van der Waals surface area contributed by atoms with Crippen LogP contribution >= 0.6 is 11.3 Å².